The van der Waals surface area contributed by atoms with Gasteiger partial charge in [-0.25, -0.2) is 0 Å². The Labute approximate surface area is 195 Å². The fourth-order valence-electron chi connectivity index (χ4n) is 4.23. The molecule has 2 N–H and O–H groups in total. The standard InChI is InChI=1S/C29H32O4/c1-4-6-15-32-25-17-23(28(30)21-13-9-8-12-20(21)25)24-18-26(33-16-7-5-2)22-14-10-11-19(3)27(22)29(24)31/h8-14,17-18,30-31H,4-7,15-16H2,1-3H3. The van der Waals surface area contributed by atoms with E-state index in [-0.39, 0.29) is 11.5 Å². The second kappa shape index (κ2) is 10.0. The minimum Gasteiger partial charge on any atom is -0.507 e. The monoisotopic (exact) mass is 444 g/mol. The van der Waals surface area contributed by atoms with E-state index in [4.69, 9.17) is 9.47 Å². The molecule has 0 aliphatic heterocycles. The quantitative estimate of drug-likeness (QED) is 0.259. The lowest BCUT2D eigenvalue weighted by Crippen LogP contribution is -2.00. The third-order valence-electron chi connectivity index (χ3n) is 6.08. The van der Waals surface area contributed by atoms with Gasteiger partial charge in [0.05, 0.1) is 13.2 Å². The molecular weight excluding hydrogens is 412 g/mol. The van der Waals surface area contributed by atoms with Crippen molar-refractivity contribution < 1.29 is 19.7 Å². The second-order valence-electron chi connectivity index (χ2n) is 8.49. The fraction of sp³-hybridized carbons (Fsp3) is 0.310. The molecule has 0 spiro atoms. The molecule has 0 fully saturated rings. The van der Waals surface area contributed by atoms with Gasteiger partial charge in [-0.2, -0.15) is 0 Å². The maximum atomic E-state index is 11.4. The van der Waals surface area contributed by atoms with E-state index >= 15 is 0 Å². The predicted molar refractivity (Wildman–Crippen MR) is 136 cm³/mol. The van der Waals surface area contributed by atoms with Gasteiger partial charge < -0.3 is 19.7 Å². The summed E-state index contributed by atoms with van der Waals surface area (Å²) >= 11 is 0. The van der Waals surface area contributed by atoms with Crippen molar-refractivity contribution in [1.82, 2.24) is 0 Å². The Morgan fingerprint density at radius 3 is 1.85 bits per heavy atom. The van der Waals surface area contributed by atoms with Crippen molar-refractivity contribution in [2.24, 2.45) is 0 Å². The molecule has 0 heterocycles. The Balaban J connectivity index is 1.96. The average molecular weight is 445 g/mol. The summed E-state index contributed by atoms with van der Waals surface area (Å²) in [4.78, 5) is 0. The lowest BCUT2D eigenvalue weighted by molar-refractivity contribution is 0.312. The third kappa shape index (κ3) is 4.43. The highest BCUT2D eigenvalue weighted by Gasteiger charge is 2.21. The van der Waals surface area contributed by atoms with Gasteiger partial charge in [0.25, 0.3) is 0 Å². The maximum absolute atomic E-state index is 11.4. The van der Waals surface area contributed by atoms with E-state index < -0.39 is 0 Å². The molecule has 0 radical (unpaired) electrons. The number of fused-ring (bicyclic) bond motifs is 2. The Hall–Kier alpha value is -3.40. The summed E-state index contributed by atoms with van der Waals surface area (Å²) in [5, 5.41) is 25.8. The van der Waals surface area contributed by atoms with Crippen molar-refractivity contribution in [3.05, 3.63) is 60.2 Å². The summed E-state index contributed by atoms with van der Waals surface area (Å²) in [5.74, 6) is 1.66. The van der Waals surface area contributed by atoms with E-state index in [0.29, 0.717) is 41.2 Å². The molecule has 0 amide bonds. The first-order valence-corrected chi connectivity index (χ1v) is 11.8. The van der Waals surface area contributed by atoms with Gasteiger partial charge in [0, 0.05) is 32.7 Å². The van der Waals surface area contributed by atoms with Gasteiger partial charge in [-0.3, -0.25) is 0 Å². The van der Waals surface area contributed by atoms with Crippen LogP contribution in [0.5, 0.6) is 23.0 Å². The highest BCUT2D eigenvalue weighted by Crippen LogP contribution is 2.48. The Morgan fingerprint density at radius 1 is 0.667 bits per heavy atom. The van der Waals surface area contributed by atoms with Crippen LogP contribution < -0.4 is 9.47 Å². The summed E-state index contributed by atoms with van der Waals surface area (Å²) in [6, 6.07) is 17.2. The van der Waals surface area contributed by atoms with Crippen LogP contribution in [0.4, 0.5) is 0 Å². The Bertz CT molecular complexity index is 1280. The molecule has 4 rings (SSSR count). The summed E-state index contributed by atoms with van der Waals surface area (Å²) in [6.45, 7) is 7.42. The van der Waals surface area contributed by atoms with Crippen LogP contribution in [0.25, 0.3) is 32.7 Å². The smallest absolute Gasteiger partial charge is 0.131 e. The number of unbranched alkanes of at least 4 members (excludes halogenated alkanes) is 2. The molecule has 4 aromatic carbocycles. The molecule has 172 valence electrons. The van der Waals surface area contributed by atoms with E-state index in [1.165, 1.54) is 0 Å². The molecule has 4 heteroatoms. The maximum Gasteiger partial charge on any atom is 0.131 e. The van der Waals surface area contributed by atoms with Crippen LogP contribution in [-0.2, 0) is 0 Å². The zero-order chi connectivity index (χ0) is 23.4. The van der Waals surface area contributed by atoms with E-state index in [9.17, 15) is 10.2 Å². The van der Waals surface area contributed by atoms with E-state index in [1.54, 1.807) is 0 Å². The van der Waals surface area contributed by atoms with Gasteiger partial charge in [0.15, 0.2) is 0 Å². The molecule has 0 aliphatic carbocycles. The summed E-state index contributed by atoms with van der Waals surface area (Å²) in [6.07, 6.45) is 3.96. The molecule has 0 bridgehead atoms. The van der Waals surface area contributed by atoms with E-state index in [0.717, 1.165) is 47.4 Å². The van der Waals surface area contributed by atoms with Crippen LogP contribution in [0.2, 0.25) is 0 Å². The number of phenols is 2. The van der Waals surface area contributed by atoms with Crippen LogP contribution in [0.1, 0.15) is 45.1 Å². The third-order valence-corrected chi connectivity index (χ3v) is 6.08. The summed E-state index contributed by atoms with van der Waals surface area (Å²) in [7, 11) is 0. The first-order valence-electron chi connectivity index (χ1n) is 11.8. The van der Waals surface area contributed by atoms with Crippen LogP contribution in [0.15, 0.2) is 54.6 Å². The molecule has 4 aromatic rings. The second-order valence-corrected chi connectivity index (χ2v) is 8.49. The average Bonchev–Trinajstić information content (AvgIpc) is 2.82. The van der Waals surface area contributed by atoms with Gasteiger partial charge in [-0.15, -0.1) is 0 Å². The van der Waals surface area contributed by atoms with Crippen molar-refractivity contribution in [3.8, 4) is 34.1 Å². The Kier molecular flexibility index (Phi) is 6.93. The fourth-order valence-corrected chi connectivity index (χ4v) is 4.23. The van der Waals surface area contributed by atoms with Crippen LogP contribution in [0.3, 0.4) is 0 Å². The number of hydrogen-bond acceptors (Lipinski definition) is 4. The highest BCUT2D eigenvalue weighted by molar-refractivity contribution is 6.05. The predicted octanol–water partition coefficient (Wildman–Crippen LogP) is 7.74. The van der Waals surface area contributed by atoms with Crippen molar-refractivity contribution in [2.75, 3.05) is 13.2 Å². The molecule has 33 heavy (non-hydrogen) atoms. The SMILES string of the molecule is CCCCOc1cc(-c2cc(OCCCC)c3cccc(C)c3c2O)c(O)c2ccccc12. The highest BCUT2D eigenvalue weighted by atomic mass is 16.5. The van der Waals surface area contributed by atoms with Gasteiger partial charge >= 0.3 is 0 Å². The van der Waals surface area contributed by atoms with E-state index in [1.807, 2.05) is 61.5 Å². The number of benzene rings is 4. The number of aromatic hydroxyl groups is 2. The number of aryl methyl sites for hydroxylation is 1. The minimum absolute atomic E-state index is 0.121. The van der Waals surface area contributed by atoms with Gasteiger partial charge in [0.1, 0.15) is 23.0 Å². The number of hydrogen-bond donors (Lipinski definition) is 2. The lowest BCUT2D eigenvalue weighted by atomic mass is 9.93. The van der Waals surface area contributed by atoms with Gasteiger partial charge in [-0.05, 0) is 37.5 Å². The normalized spacial score (nSPS) is 11.2. The number of ether oxygens (including phenoxy) is 2. The molecule has 0 unspecified atom stereocenters. The molecule has 0 aromatic heterocycles. The molecule has 0 atom stereocenters. The number of phenolic OH excluding ortho intramolecular Hbond substituents is 2. The molecule has 0 saturated heterocycles. The topological polar surface area (TPSA) is 58.9 Å². The number of rotatable bonds is 9. The van der Waals surface area contributed by atoms with Crippen LogP contribution in [0, 0.1) is 6.92 Å². The Morgan fingerprint density at radius 2 is 1.21 bits per heavy atom. The van der Waals surface area contributed by atoms with Crippen molar-refractivity contribution in [1.29, 1.82) is 0 Å². The van der Waals surface area contributed by atoms with Crippen molar-refractivity contribution >= 4 is 21.5 Å². The lowest BCUT2D eigenvalue weighted by Gasteiger charge is -2.18. The minimum atomic E-state index is 0.121. The van der Waals surface area contributed by atoms with E-state index in [2.05, 4.69) is 13.8 Å². The van der Waals surface area contributed by atoms with Crippen molar-refractivity contribution in [3.63, 3.8) is 0 Å². The molecular formula is C29H32O4. The van der Waals surface area contributed by atoms with Gasteiger partial charge in [-0.1, -0.05) is 69.2 Å². The van der Waals surface area contributed by atoms with Gasteiger partial charge in [0.2, 0.25) is 0 Å². The zero-order valence-corrected chi connectivity index (χ0v) is 19.6. The molecule has 0 aliphatic rings. The summed E-state index contributed by atoms with van der Waals surface area (Å²) in [5.41, 5.74) is 2.02. The zero-order valence-electron chi connectivity index (χ0n) is 19.6. The summed E-state index contributed by atoms with van der Waals surface area (Å²) < 4.78 is 12.3. The molecule has 4 nitrogen and oxygen atoms in total. The first-order chi connectivity index (χ1) is 16.1. The van der Waals surface area contributed by atoms with Crippen LogP contribution >= 0.6 is 0 Å². The van der Waals surface area contributed by atoms with Crippen molar-refractivity contribution in [2.45, 2.75) is 46.5 Å². The molecule has 0 saturated carbocycles. The first kappa shape index (κ1) is 22.8. The van der Waals surface area contributed by atoms with Crippen LogP contribution in [-0.4, -0.2) is 23.4 Å². The largest absolute Gasteiger partial charge is 0.507 e.